The molecule has 0 aromatic heterocycles. The number of unbranched alkanes of at least 4 members (excludes halogenated alkanes) is 35. The molecule has 0 aliphatic carbocycles. The van der Waals surface area contributed by atoms with Gasteiger partial charge in [0.2, 0.25) is 0 Å². The van der Waals surface area contributed by atoms with Crippen molar-refractivity contribution in [1.29, 1.82) is 0 Å². The van der Waals surface area contributed by atoms with E-state index < -0.39 is 6.10 Å². The van der Waals surface area contributed by atoms with E-state index in [1.54, 1.807) is 0 Å². The van der Waals surface area contributed by atoms with Crippen LogP contribution in [0.4, 0.5) is 0 Å². The second kappa shape index (κ2) is 48.8. The van der Waals surface area contributed by atoms with Crippen LogP contribution in [-0.4, -0.2) is 37.2 Å². The van der Waals surface area contributed by atoms with Gasteiger partial charge in [0.1, 0.15) is 13.2 Å². The Hall–Kier alpha value is -1.85. The molecule has 0 amide bonds. The fourth-order valence-corrected chi connectivity index (χ4v) is 7.79. The molecule has 0 heterocycles. The van der Waals surface area contributed by atoms with Gasteiger partial charge in [-0.15, -0.1) is 0 Å². The van der Waals surface area contributed by atoms with Crippen LogP contribution in [0.3, 0.4) is 0 Å². The summed E-state index contributed by atoms with van der Waals surface area (Å²) in [5, 5.41) is 0. The molecule has 0 radical (unpaired) electrons. The smallest absolute Gasteiger partial charge is 0.306 e. The number of allylic oxidation sites excluding steroid dienone is 2. The number of carbonyl (C=O) groups is 3. The van der Waals surface area contributed by atoms with Gasteiger partial charge in [0.25, 0.3) is 0 Å². The highest BCUT2D eigenvalue weighted by molar-refractivity contribution is 5.71. The summed E-state index contributed by atoms with van der Waals surface area (Å²) < 4.78 is 16.8. The van der Waals surface area contributed by atoms with E-state index in [1.165, 1.54) is 193 Å². The Bertz CT molecular complexity index is 916. The van der Waals surface area contributed by atoms with Gasteiger partial charge >= 0.3 is 17.9 Å². The van der Waals surface area contributed by atoms with Crippen LogP contribution < -0.4 is 0 Å². The van der Waals surface area contributed by atoms with Gasteiger partial charge in [-0.2, -0.15) is 0 Å². The Kier molecular flexibility index (Phi) is 47.3. The molecule has 6 nitrogen and oxygen atoms in total. The third-order valence-electron chi connectivity index (χ3n) is 11.8. The predicted molar refractivity (Wildman–Crippen MR) is 252 cm³/mol. The number of ether oxygens (including phenoxy) is 3. The van der Waals surface area contributed by atoms with Gasteiger partial charge < -0.3 is 14.2 Å². The van der Waals surface area contributed by atoms with Gasteiger partial charge in [0, 0.05) is 19.3 Å². The van der Waals surface area contributed by atoms with Crippen molar-refractivity contribution in [2.24, 2.45) is 0 Å². The Balaban J connectivity index is 4.25. The summed E-state index contributed by atoms with van der Waals surface area (Å²) in [7, 11) is 0. The third kappa shape index (κ3) is 47.1. The number of hydrogen-bond acceptors (Lipinski definition) is 6. The summed E-state index contributed by atoms with van der Waals surface area (Å²) in [4.78, 5) is 37.9. The molecule has 0 rings (SSSR count). The summed E-state index contributed by atoms with van der Waals surface area (Å²) in [6.45, 7) is 6.65. The van der Waals surface area contributed by atoms with Gasteiger partial charge in [0.05, 0.1) is 0 Å². The zero-order valence-corrected chi connectivity index (χ0v) is 39.8. The Morgan fingerprint density at radius 3 is 0.847 bits per heavy atom. The molecule has 0 saturated carbocycles. The van der Waals surface area contributed by atoms with E-state index >= 15 is 0 Å². The van der Waals surface area contributed by atoms with Crippen LogP contribution in [0.25, 0.3) is 0 Å². The maximum Gasteiger partial charge on any atom is 0.306 e. The van der Waals surface area contributed by atoms with Gasteiger partial charge in [-0.3, -0.25) is 14.4 Å². The van der Waals surface area contributed by atoms with Crippen LogP contribution in [0.1, 0.15) is 290 Å². The van der Waals surface area contributed by atoms with E-state index in [-0.39, 0.29) is 31.1 Å². The quantitative estimate of drug-likeness (QED) is 0.0263. The van der Waals surface area contributed by atoms with E-state index in [0.717, 1.165) is 57.8 Å². The topological polar surface area (TPSA) is 78.9 Å². The number of carbonyl (C=O) groups excluding carboxylic acids is 3. The summed E-state index contributed by atoms with van der Waals surface area (Å²) in [6, 6.07) is 0. The number of hydrogen-bond donors (Lipinski definition) is 0. The predicted octanol–water partition coefficient (Wildman–Crippen LogP) is 17.0. The Morgan fingerprint density at radius 2 is 0.559 bits per heavy atom. The van der Waals surface area contributed by atoms with Gasteiger partial charge in [0.15, 0.2) is 6.10 Å². The van der Waals surface area contributed by atoms with Crippen LogP contribution in [0.5, 0.6) is 0 Å². The SMILES string of the molecule is CCCCCCCCCC/C=C\CCCCCCCCCC(=O)OC[C@@H](COC(=O)CCCCCCCCCCCCC)OC(=O)CCCCCCCCCCCCC. The zero-order chi connectivity index (χ0) is 43.0. The first-order valence-corrected chi connectivity index (χ1v) is 26.2. The number of rotatable bonds is 48. The molecular weight excluding hydrogens is 733 g/mol. The molecule has 0 aliphatic rings. The lowest BCUT2D eigenvalue weighted by Crippen LogP contribution is -2.30. The third-order valence-corrected chi connectivity index (χ3v) is 11.8. The minimum atomic E-state index is -0.764. The lowest BCUT2D eigenvalue weighted by molar-refractivity contribution is -0.167. The van der Waals surface area contributed by atoms with Crippen molar-refractivity contribution in [2.45, 2.75) is 297 Å². The minimum Gasteiger partial charge on any atom is -0.462 e. The van der Waals surface area contributed by atoms with E-state index in [4.69, 9.17) is 14.2 Å². The van der Waals surface area contributed by atoms with E-state index in [9.17, 15) is 14.4 Å². The summed E-state index contributed by atoms with van der Waals surface area (Å²) in [5.74, 6) is -0.857. The van der Waals surface area contributed by atoms with Crippen molar-refractivity contribution in [3.63, 3.8) is 0 Å². The first kappa shape index (κ1) is 57.1. The van der Waals surface area contributed by atoms with Crippen LogP contribution in [0.2, 0.25) is 0 Å². The highest BCUT2D eigenvalue weighted by Crippen LogP contribution is 2.16. The molecule has 0 spiro atoms. The van der Waals surface area contributed by atoms with Crippen LogP contribution in [-0.2, 0) is 28.6 Å². The van der Waals surface area contributed by atoms with Crippen LogP contribution in [0, 0.1) is 0 Å². The molecule has 0 saturated heterocycles. The van der Waals surface area contributed by atoms with Crippen molar-refractivity contribution in [2.75, 3.05) is 13.2 Å². The lowest BCUT2D eigenvalue weighted by Gasteiger charge is -2.18. The second-order valence-electron chi connectivity index (χ2n) is 17.8. The van der Waals surface area contributed by atoms with Crippen LogP contribution in [0.15, 0.2) is 12.2 Å². The number of esters is 3. The Labute approximate surface area is 367 Å². The van der Waals surface area contributed by atoms with Crippen molar-refractivity contribution in [3.05, 3.63) is 12.2 Å². The summed E-state index contributed by atoms with van der Waals surface area (Å²) >= 11 is 0. The van der Waals surface area contributed by atoms with Crippen LogP contribution >= 0.6 is 0 Å². The molecule has 0 unspecified atom stereocenters. The average Bonchev–Trinajstić information content (AvgIpc) is 3.23. The monoisotopic (exact) mass is 833 g/mol. The first-order valence-electron chi connectivity index (χ1n) is 26.2. The van der Waals surface area contributed by atoms with Crippen molar-refractivity contribution in [1.82, 2.24) is 0 Å². The fraction of sp³-hybridized carbons (Fsp3) is 0.906. The van der Waals surface area contributed by atoms with E-state index in [1.807, 2.05) is 0 Å². The maximum absolute atomic E-state index is 12.7. The zero-order valence-electron chi connectivity index (χ0n) is 39.8. The highest BCUT2D eigenvalue weighted by atomic mass is 16.6. The highest BCUT2D eigenvalue weighted by Gasteiger charge is 2.19. The minimum absolute atomic E-state index is 0.0663. The average molecular weight is 833 g/mol. The normalized spacial score (nSPS) is 12.0. The maximum atomic E-state index is 12.7. The Morgan fingerprint density at radius 1 is 0.322 bits per heavy atom. The molecule has 0 aromatic rings. The largest absolute Gasteiger partial charge is 0.462 e. The van der Waals surface area contributed by atoms with Crippen molar-refractivity contribution >= 4 is 17.9 Å². The molecule has 0 aliphatic heterocycles. The molecule has 0 bridgehead atoms. The second-order valence-corrected chi connectivity index (χ2v) is 17.8. The standard InChI is InChI=1S/C53H100O6/c1-4-7-10-13-16-19-22-23-24-25-26-27-28-29-32-34-37-40-43-46-52(55)58-49-50(59-53(56)47-44-41-38-35-31-21-18-15-12-9-6-3)48-57-51(54)45-42-39-36-33-30-20-17-14-11-8-5-2/h25-26,50H,4-24,27-49H2,1-3H3/b26-25-/t50-/m1/s1. The fourth-order valence-electron chi connectivity index (χ4n) is 7.79. The lowest BCUT2D eigenvalue weighted by atomic mass is 10.1. The van der Waals surface area contributed by atoms with Crippen molar-refractivity contribution < 1.29 is 28.6 Å². The summed E-state index contributed by atoms with van der Waals surface area (Å²) in [5.41, 5.74) is 0. The molecule has 0 N–H and O–H groups in total. The van der Waals surface area contributed by atoms with E-state index in [0.29, 0.717) is 19.3 Å². The molecule has 59 heavy (non-hydrogen) atoms. The molecule has 348 valence electrons. The molecule has 0 fully saturated rings. The molecule has 1 atom stereocenters. The van der Waals surface area contributed by atoms with E-state index in [2.05, 4.69) is 32.9 Å². The van der Waals surface area contributed by atoms with Gasteiger partial charge in [-0.1, -0.05) is 238 Å². The van der Waals surface area contributed by atoms with Gasteiger partial charge in [-0.05, 0) is 44.9 Å². The molecule has 0 aromatic carbocycles. The van der Waals surface area contributed by atoms with Crippen molar-refractivity contribution in [3.8, 4) is 0 Å². The molecule has 6 heteroatoms. The van der Waals surface area contributed by atoms with Gasteiger partial charge in [-0.25, -0.2) is 0 Å². The molecular formula is C53H100O6. The first-order chi connectivity index (χ1) is 29.0. The summed E-state index contributed by atoms with van der Waals surface area (Å²) in [6.07, 6.45) is 53.4.